The highest BCUT2D eigenvalue weighted by Gasteiger charge is 3.01. The van der Waals surface area contributed by atoms with Crippen LogP contribution in [-0.4, -0.2) is 83.2 Å². The lowest BCUT2D eigenvalue weighted by Crippen LogP contribution is -2.79. The van der Waals surface area contributed by atoms with Gasteiger partial charge in [-0.15, -0.1) is 0 Å². The summed E-state index contributed by atoms with van der Waals surface area (Å²) in [5.41, 5.74) is 0. The van der Waals surface area contributed by atoms with Gasteiger partial charge in [0.1, 0.15) is 0 Å². The van der Waals surface area contributed by atoms with Gasteiger partial charge in [0.2, 0.25) is 5.83 Å². The normalized spacial score (nSPS) is 16.8. The summed E-state index contributed by atoms with van der Waals surface area (Å²) >= 11 is 0. The SMILES string of the molecule is FC(F)=C(F)C(F)(F)C(F)(F)C(F)(F)C(F)(F)C(F)(F)C(F)(F)C(F)(F)C(F)(F)C(F)(F)C(F)(F)C(F)(F)C(F)(F)C(F)(F)C(F)(F)F. The van der Waals surface area contributed by atoms with Crippen LogP contribution in [0.2, 0.25) is 0 Å². The summed E-state index contributed by atoms with van der Waals surface area (Å²) in [5, 5.41) is 0. The van der Waals surface area contributed by atoms with Crippen molar-refractivity contribution in [3.8, 4) is 0 Å². The average molecular weight is 800 g/mol. The number of halogens is 32. The van der Waals surface area contributed by atoms with Crippen LogP contribution in [0.1, 0.15) is 0 Å². The van der Waals surface area contributed by atoms with Gasteiger partial charge in [0.25, 0.3) is 0 Å². The molecule has 0 saturated heterocycles. The minimum absolute atomic E-state index is 4.96. The molecule has 0 aliphatic carbocycles. The summed E-state index contributed by atoms with van der Waals surface area (Å²) in [7, 11) is 0. The molecule has 0 bridgehead atoms. The summed E-state index contributed by atoms with van der Waals surface area (Å²) in [5.74, 6) is -130. The van der Waals surface area contributed by atoms with Gasteiger partial charge in [-0.2, -0.15) is 140 Å². The van der Waals surface area contributed by atoms with Gasteiger partial charge in [-0.25, -0.2) is 0 Å². The molecule has 0 nitrogen and oxygen atoms in total. The van der Waals surface area contributed by atoms with Crippen molar-refractivity contribution in [3.05, 3.63) is 11.9 Å². The summed E-state index contributed by atoms with van der Waals surface area (Å²) in [6, 6.07) is 0. The monoisotopic (exact) mass is 800 g/mol. The fraction of sp³-hybridized carbons (Fsp3) is 0.875. The Bertz CT molecular complexity index is 1220. The Balaban J connectivity index is 7.65. The van der Waals surface area contributed by atoms with Crippen LogP contribution in [0.15, 0.2) is 11.9 Å². The van der Waals surface area contributed by atoms with Gasteiger partial charge in [-0.05, 0) is 0 Å². The highest BCUT2D eigenvalue weighted by Crippen LogP contribution is 2.69. The molecule has 0 saturated carbocycles. The van der Waals surface area contributed by atoms with Crippen LogP contribution in [0.5, 0.6) is 0 Å². The zero-order valence-electron chi connectivity index (χ0n) is 20.1. The maximum atomic E-state index is 13.7. The first-order chi connectivity index (χ1) is 20.1. The van der Waals surface area contributed by atoms with Crippen LogP contribution in [0.4, 0.5) is 140 Å². The standard InChI is InChI=1S/C16F32/c17-1(2(18)19)3(20,21)4(22,23)5(24,25)6(26,27)7(28,29)8(30,31)9(32,33)10(34,35)11(36,37)12(38,39)13(40,41)14(42,43)15(44,45)16(46,47)48. The molecular weight excluding hydrogens is 800 g/mol. The van der Waals surface area contributed by atoms with Crippen molar-refractivity contribution in [2.75, 3.05) is 0 Å². The molecule has 0 aromatic rings. The fourth-order valence-electron chi connectivity index (χ4n) is 2.60. The molecule has 0 atom stereocenters. The Morgan fingerprint density at radius 1 is 0.208 bits per heavy atom. The van der Waals surface area contributed by atoms with Gasteiger partial charge in [0.15, 0.2) is 0 Å². The third-order valence-corrected chi connectivity index (χ3v) is 5.53. The van der Waals surface area contributed by atoms with E-state index in [0.717, 1.165) is 0 Å². The van der Waals surface area contributed by atoms with Crippen LogP contribution in [0.3, 0.4) is 0 Å². The number of hydrogen-bond acceptors (Lipinski definition) is 0. The maximum Gasteiger partial charge on any atom is 0.460 e. The summed E-state index contributed by atoms with van der Waals surface area (Å²) in [4.78, 5) is 0. The second kappa shape index (κ2) is 11.0. The van der Waals surface area contributed by atoms with E-state index in [2.05, 4.69) is 0 Å². The molecule has 0 heterocycles. The first kappa shape index (κ1) is 45.5. The molecule has 0 radical (unpaired) electrons. The topological polar surface area (TPSA) is 0 Å². The molecule has 0 aliphatic heterocycles. The summed E-state index contributed by atoms with van der Waals surface area (Å²) < 4.78 is 420. The van der Waals surface area contributed by atoms with E-state index in [1.807, 2.05) is 0 Å². The Morgan fingerprint density at radius 2 is 0.354 bits per heavy atom. The summed E-state index contributed by atoms with van der Waals surface area (Å²) in [6.07, 6.45) is -13.3. The molecule has 0 spiro atoms. The third-order valence-electron chi connectivity index (χ3n) is 5.53. The molecule has 0 aliphatic rings. The molecule has 0 N–H and O–H groups in total. The first-order valence-electron chi connectivity index (χ1n) is 9.80. The Morgan fingerprint density at radius 3 is 0.500 bits per heavy atom. The molecule has 0 aromatic heterocycles. The largest absolute Gasteiger partial charge is 0.460 e. The highest BCUT2D eigenvalue weighted by atomic mass is 19.4. The van der Waals surface area contributed by atoms with E-state index in [4.69, 9.17) is 0 Å². The van der Waals surface area contributed by atoms with Crippen molar-refractivity contribution >= 4 is 0 Å². The molecule has 0 unspecified atom stereocenters. The van der Waals surface area contributed by atoms with E-state index in [1.54, 1.807) is 0 Å². The predicted molar refractivity (Wildman–Crippen MR) is 80.7 cm³/mol. The number of allylic oxidation sites excluding steroid dienone is 1. The maximum absolute atomic E-state index is 13.7. The van der Waals surface area contributed by atoms with Crippen LogP contribution >= 0.6 is 0 Å². The molecule has 0 rings (SSSR count). The fourth-order valence-corrected chi connectivity index (χ4v) is 2.60. The minimum atomic E-state index is -10.1. The van der Waals surface area contributed by atoms with Crippen molar-refractivity contribution in [2.45, 2.75) is 83.2 Å². The molecule has 0 aromatic carbocycles. The van der Waals surface area contributed by atoms with Crippen molar-refractivity contribution in [1.29, 1.82) is 0 Å². The zero-order chi connectivity index (χ0) is 40.2. The van der Waals surface area contributed by atoms with Crippen LogP contribution < -0.4 is 0 Å². The van der Waals surface area contributed by atoms with Crippen molar-refractivity contribution < 1.29 is 140 Å². The number of rotatable bonds is 13. The summed E-state index contributed by atoms with van der Waals surface area (Å²) in [6.45, 7) is 0. The van der Waals surface area contributed by atoms with Gasteiger partial charge in [-0.1, -0.05) is 0 Å². The lowest BCUT2D eigenvalue weighted by Gasteiger charge is -2.46. The number of alkyl halides is 29. The quantitative estimate of drug-likeness (QED) is 0.163. The van der Waals surface area contributed by atoms with Crippen molar-refractivity contribution in [2.24, 2.45) is 0 Å². The van der Waals surface area contributed by atoms with Crippen LogP contribution in [0.25, 0.3) is 0 Å². The molecule has 48 heavy (non-hydrogen) atoms. The van der Waals surface area contributed by atoms with Gasteiger partial charge in [0, 0.05) is 0 Å². The third kappa shape index (κ3) is 5.07. The number of hydrogen-bond donors (Lipinski definition) is 0. The second-order valence-corrected chi connectivity index (χ2v) is 8.54. The van der Waals surface area contributed by atoms with E-state index >= 15 is 0 Å². The van der Waals surface area contributed by atoms with E-state index in [1.165, 1.54) is 0 Å². The van der Waals surface area contributed by atoms with Gasteiger partial charge >= 0.3 is 89.2 Å². The van der Waals surface area contributed by atoms with Crippen molar-refractivity contribution in [3.63, 3.8) is 0 Å². The molecule has 0 amide bonds. The van der Waals surface area contributed by atoms with E-state index in [9.17, 15) is 140 Å². The highest BCUT2D eigenvalue weighted by molar-refractivity contribution is 5.23. The average Bonchev–Trinajstić information content (AvgIpc) is 2.85. The molecule has 32 heteroatoms. The van der Waals surface area contributed by atoms with E-state index in [-0.39, 0.29) is 0 Å². The smallest absolute Gasteiger partial charge is 0.199 e. The Kier molecular flexibility index (Phi) is 10.4. The molecule has 288 valence electrons. The Labute approximate surface area is 237 Å². The van der Waals surface area contributed by atoms with Gasteiger partial charge in [0.05, 0.1) is 0 Å². The van der Waals surface area contributed by atoms with Crippen LogP contribution in [0, 0.1) is 0 Å². The van der Waals surface area contributed by atoms with E-state index < -0.39 is 95.1 Å². The first-order valence-corrected chi connectivity index (χ1v) is 9.80. The lowest BCUT2D eigenvalue weighted by molar-refractivity contribution is -0.487. The Hall–Kier alpha value is -2.50. The van der Waals surface area contributed by atoms with E-state index in [0.29, 0.717) is 0 Å². The molecule has 0 fully saturated rings. The predicted octanol–water partition coefficient (Wildman–Crippen LogP) is 10.9. The zero-order valence-corrected chi connectivity index (χ0v) is 20.1. The second-order valence-electron chi connectivity index (χ2n) is 8.54. The van der Waals surface area contributed by atoms with Crippen LogP contribution in [-0.2, 0) is 0 Å². The molecular formula is C16F32. The van der Waals surface area contributed by atoms with Gasteiger partial charge in [-0.3, -0.25) is 0 Å². The van der Waals surface area contributed by atoms with Crippen molar-refractivity contribution in [1.82, 2.24) is 0 Å². The minimum Gasteiger partial charge on any atom is -0.199 e. The van der Waals surface area contributed by atoms with Gasteiger partial charge < -0.3 is 0 Å². The lowest BCUT2D eigenvalue weighted by atomic mass is 9.83.